The van der Waals surface area contributed by atoms with Crippen molar-refractivity contribution in [2.75, 3.05) is 33.9 Å². The van der Waals surface area contributed by atoms with Crippen molar-refractivity contribution in [3.8, 4) is 0 Å². The van der Waals surface area contributed by atoms with Gasteiger partial charge in [0.25, 0.3) is 0 Å². The molecule has 17 heavy (non-hydrogen) atoms. The zero-order chi connectivity index (χ0) is 12.3. The van der Waals surface area contributed by atoms with Gasteiger partial charge in [0.05, 0.1) is 13.1 Å². The van der Waals surface area contributed by atoms with Gasteiger partial charge in [-0.05, 0) is 5.56 Å². The van der Waals surface area contributed by atoms with Gasteiger partial charge in [-0.2, -0.15) is 0 Å². The van der Waals surface area contributed by atoms with Gasteiger partial charge in [-0.25, -0.2) is 0 Å². The third-order valence-corrected chi connectivity index (χ3v) is 3.36. The minimum absolute atomic E-state index is 0.0444. The summed E-state index contributed by atoms with van der Waals surface area (Å²) in [4.78, 5) is 2.24. The lowest BCUT2D eigenvalue weighted by Gasteiger charge is -2.48. The normalized spacial score (nSPS) is 20.9. The molecule has 2 rings (SSSR count). The molecule has 0 radical (unpaired) electrons. The Morgan fingerprint density at radius 3 is 2.35 bits per heavy atom. The Kier molecular flexibility index (Phi) is 3.79. The summed E-state index contributed by atoms with van der Waals surface area (Å²) in [5, 5.41) is 0. The molecule has 1 aliphatic heterocycles. The lowest BCUT2D eigenvalue weighted by Crippen LogP contribution is -2.64. The van der Waals surface area contributed by atoms with Gasteiger partial charge in [-0.15, -0.1) is 0 Å². The highest BCUT2D eigenvalue weighted by molar-refractivity contribution is 5.19. The molecule has 0 aliphatic carbocycles. The van der Waals surface area contributed by atoms with Crippen molar-refractivity contribution in [3.63, 3.8) is 0 Å². The molecule has 4 heteroatoms. The van der Waals surface area contributed by atoms with Crippen molar-refractivity contribution in [1.82, 2.24) is 4.90 Å². The first-order valence-electron chi connectivity index (χ1n) is 5.82. The van der Waals surface area contributed by atoms with Crippen LogP contribution < -0.4 is 5.73 Å². The molecule has 0 amide bonds. The number of likely N-dealkylation sites (tertiary alicyclic amines) is 1. The maximum atomic E-state index is 6.15. The average Bonchev–Trinajstić information content (AvgIpc) is 2.34. The standard InChI is InChI=1S/C13H20N2O2/c1-16-13(17-2)9-15(10-13)8-12(14)11-6-4-3-5-7-11/h3-7,12H,8-10,14H2,1-2H3. The summed E-state index contributed by atoms with van der Waals surface area (Å²) in [5.74, 6) is -0.420. The number of nitrogens with two attached hydrogens (primary N) is 1. The van der Waals surface area contributed by atoms with Crippen LogP contribution in [0.4, 0.5) is 0 Å². The minimum Gasteiger partial charge on any atom is -0.351 e. The molecule has 0 aromatic heterocycles. The Balaban J connectivity index is 1.84. The maximum absolute atomic E-state index is 6.15. The van der Waals surface area contributed by atoms with Crippen molar-refractivity contribution < 1.29 is 9.47 Å². The van der Waals surface area contributed by atoms with E-state index >= 15 is 0 Å². The Morgan fingerprint density at radius 1 is 1.24 bits per heavy atom. The number of rotatable bonds is 5. The van der Waals surface area contributed by atoms with E-state index in [0.29, 0.717) is 0 Å². The van der Waals surface area contributed by atoms with Crippen LogP contribution in [0.3, 0.4) is 0 Å². The van der Waals surface area contributed by atoms with Crippen LogP contribution in [0.1, 0.15) is 11.6 Å². The molecule has 0 spiro atoms. The van der Waals surface area contributed by atoms with Crippen molar-refractivity contribution in [1.29, 1.82) is 0 Å². The van der Waals surface area contributed by atoms with E-state index in [1.54, 1.807) is 14.2 Å². The number of ether oxygens (including phenoxy) is 2. The van der Waals surface area contributed by atoms with Gasteiger partial charge in [0.15, 0.2) is 5.79 Å². The van der Waals surface area contributed by atoms with Crippen LogP contribution in [0.15, 0.2) is 30.3 Å². The molecule has 1 aliphatic rings. The molecule has 1 heterocycles. The Labute approximate surface area is 102 Å². The van der Waals surface area contributed by atoms with Gasteiger partial charge >= 0.3 is 0 Å². The highest BCUT2D eigenvalue weighted by atomic mass is 16.7. The summed E-state index contributed by atoms with van der Waals surface area (Å²) in [6.45, 7) is 2.39. The van der Waals surface area contributed by atoms with Gasteiger partial charge in [0.2, 0.25) is 0 Å². The predicted molar refractivity (Wildman–Crippen MR) is 66.6 cm³/mol. The van der Waals surface area contributed by atoms with Crippen LogP contribution in [0.2, 0.25) is 0 Å². The van der Waals surface area contributed by atoms with E-state index in [0.717, 1.165) is 19.6 Å². The van der Waals surface area contributed by atoms with Crippen LogP contribution >= 0.6 is 0 Å². The molecule has 2 N–H and O–H groups in total. The molecule has 4 nitrogen and oxygen atoms in total. The smallest absolute Gasteiger partial charge is 0.193 e. The molecular weight excluding hydrogens is 216 g/mol. The summed E-state index contributed by atoms with van der Waals surface area (Å²) in [6, 6.07) is 10.2. The Morgan fingerprint density at radius 2 is 1.82 bits per heavy atom. The summed E-state index contributed by atoms with van der Waals surface area (Å²) >= 11 is 0. The maximum Gasteiger partial charge on any atom is 0.193 e. The second kappa shape index (κ2) is 5.14. The summed E-state index contributed by atoms with van der Waals surface area (Å²) in [6.07, 6.45) is 0. The molecule has 1 saturated heterocycles. The van der Waals surface area contributed by atoms with Crippen molar-refractivity contribution >= 4 is 0 Å². The van der Waals surface area contributed by atoms with Crippen molar-refractivity contribution in [2.24, 2.45) is 5.73 Å². The van der Waals surface area contributed by atoms with E-state index in [9.17, 15) is 0 Å². The van der Waals surface area contributed by atoms with E-state index in [1.165, 1.54) is 5.56 Å². The van der Waals surface area contributed by atoms with Gasteiger partial charge < -0.3 is 15.2 Å². The quantitative estimate of drug-likeness (QED) is 0.775. The van der Waals surface area contributed by atoms with E-state index in [4.69, 9.17) is 15.2 Å². The molecular formula is C13H20N2O2. The third-order valence-electron chi connectivity index (χ3n) is 3.36. The van der Waals surface area contributed by atoms with Crippen LogP contribution in [-0.2, 0) is 9.47 Å². The predicted octanol–water partition coefficient (Wildman–Crippen LogP) is 0.991. The van der Waals surface area contributed by atoms with E-state index in [1.807, 2.05) is 18.2 Å². The molecule has 1 atom stereocenters. The lowest BCUT2D eigenvalue weighted by molar-refractivity contribution is -0.275. The molecule has 0 saturated carbocycles. The highest BCUT2D eigenvalue weighted by Gasteiger charge is 2.43. The Hall–Kier alpha value is -0.940. The zero-order valence-corrected chi connectivity index (χ0v) is 10.4. The van der Waals surface area contributed by atoms with Gasteiger partial charge in [0, 0.05) is 26.8 Å². The molecule has 1 fully saturated rings. The SMILES string of the molecule is COC1(OC)CN(CC(N)c2ccccc2)C1. The van der Waals surface area contributed by atoms with Crippen LogP contribution in [0, 0.1) is 0 Å². The second-order valence-electron chi connectivity index (χ2n) is 4.51. The first-order chi connectivity index (χ1) is 8.19. The molecule has 1 aromatic rings. The lowest BCUT2D eigenvalue weighted by atomic mass is 10.0. The van der Waals surface area contributed by atoms with Crippen molar-refractivity contribution in [3.05, 3.63) is 35.9 Å². The monoisotopic (exact) mass is 236 g/mol. The summed E-state index contributed by atoms with van der Waals surface area (Å²) in [7, 11) is 3.36. The topological polar surface area (TPSA) is 47.7 Å². The zero-order valence-electron chi connectivity index (χ0n) is 10.4. The number of methoxy groups -OCH3 is 2. The van der Waals surface area contributed by atoms with Gasteiger partial charge in [0.1, 0.15) is 0 Å². The fraction of sp³-hybridized carbons (Fsp3) is 0.538. The third kappa shape index (κ3) is 2.66. The van der Waals surface area contributed by atoms with Crippen LogP contribution in [-0.4, -0.2) is 44.5 Å². The number of nitrogens with zero attached hydrogens (tertiary/aromatic N) is 1. The highest BCUT2D eigenvalue weighted by Crippen LogP contribution is 2.26. The number of hydrogen-bond acceptors (Lipinski definition) is 4. The van der Waals surface area contributed by atoms with Gasteiger partial charge in [-0.1, -0.05) is 30.3 Å². The Bertz CT molecular complexity index is 344. The largest absolute Gasteiger partial charge is 0.351 e. The minimum atomic E-state index is -0.420. The fourth-order valence-corrected chi connectivity index (χ4v) is 2.19. The fourth-order valence-electron chi connectivity index (χ4n) is 2.19. The molecule has 1 unspecified atom stereocenters. The molecule has 94 valence electrons. The van der Waals surface area contributed by atoms with Crippen LogP contribution in [0.5, 0.6) is 0 Å². The molecule has 1 aromatic carbocycles. The summed E-state index contributed by atoms with van der Waals surface area (Å²) in [5.41, 5.74) is 7.32. The van der Waals surface area contributed by atoms with Crippen LogP contribution in [0.25, 0.3) is 0 Å². The first-order valence-corrected chi connectivity index (χ1v) is 5.82. The first kappa shape index (κ1) is 12.5. The second-order valence-corrected chi connectivity index (χ2v) is 4.51. The number of hydrogen-bond donors (Lipinski definition) is 1. The van der Waals surface area contributed by atoms with Gasteiger partial charge in [-0.3, -0.25) is 4.90 Å². The average molecular weight is 236 g/mol. The van der Waals surface area contributed by atoms with E-state index in [2.05, 4.69) is 17.0 Å². The van der Waals surface area contributed by atoms with Crippen molar-refractivity contribution in [2.45, 2.75) is 11.8 Å². The van der Waals surface area contributed by atoms with E-state index in [-0.39, 0.29) is 6.04 Å². The number of benzene rings is 1. The molecule has 0 bridgehead atoms. The summed E-state index contributed by atoms with van der Waals surface area (Å²) < 4.78 is 10.7. The van der Waals surface area contributed by atoms with E-state index < -0.39 is 5.79 Å².